The summed E-state index contributed by atoms with van der Waals surface area (Å²) in [5.74, 6) is -0.912. The lowest BCUT2D eigenvalue weighted by atomic mass is 9.94. The van der Waals surface area contributed by atoms with E-state index in [9.17, 15) is 14.7 Å². The largest absolute Gasteiger partial charge is 0.478 e. The van der Waals surface area contributed by atoms with E-state index in [0.29, 0.717) is 25.3 Å². The minimum atomic E-state index is -0.938. The summed E-state index contributed by atoms with van der Waals surface area (Å²) in [5.41, 5.74) is 1.92. The van der Waals surface area contributed by atoms with Gasteiger partial charge in [-0.2, -0.15) is 0 Å². The SMILES string of the molecule is Cc1c(C(=O)O)cc(Br)cc1N(CC1CCCNC1=O)C1CCOCC1. The number of nitrogens with zero attached hydrogens (tertiary/aromatic N) is 1. The minimum absolute atomic E-state index is 0.0711. The fourth-order valence-electron chi connectivity index (χ4n) is 3.87. The van der Waals surface area contributed by atoms with Gasteiger partial charge in [0.1, 0.15) is 0 Å². The molecule has 26 heavy (non-hydrogen) atoms. The zero-order valence-corrected chi connectivity index (χ0v) is 16.5. The molecule has 6 nitrogen and oxygen atoms in total. The Hall–Kier alpha value is -1.60. The summed E-state index contributed by atoms with van der Waals surface area (Å²) in [7, 11) is 0. The number of hydrogen-bond acceptors (Lipinski definition) is 4. The van der Waals surface area contributed by atoms with E-state index in [1.807, 2.05) is 13.0 Å². The molecule has 2 heterocycles. The van der Waals surface area contributed by atoms with E-state index in [2.05, 4.69) is 26.1 Å². The Kier molecular flexibility index (Phi) is 6.19. The first-order valence-corrected chi connectivity index (χ1v) is 9.92. The Labute approximate surface area is 162 Å². The summed E-state index contributed by atoms with van der Waals surface area (Å²) in [6.07, 6.45) is 3.60. The first-order valence-electron chi connectivity index (χ1n) is 9.13. The normalized spacial score (nSPS) is 21.3. The fourth-order valence-corrected chi connectivity index (χ4v) is 4.32. The third kappa shape index (κ3) is 4.20. The van der Waals surface area contributed by atoms with Crippen molar-refractivity contribution in [3.05, 3.63) is 27.7 Å². The summed E-state index contributed by atoms with van der Waals surface area (Å²) in [6.45, 7) is 4.57. The van der Waals surface area contributed by atoms with Gasteiger partial charge in [-0.15, -0.1) is 0 Å². The molecule has 1 amide bonds. The fraction of sp³-hybridized carbons (Fsp3) is 0.579. The Bertz CT molecular complexity index is 688. The van der Waals surface area contributed by atoms with Gasteiger partial charge in [-0.1, -0.05) is 15.9 Å². The van der Waals surface area contributed by atoms with E-state index in [4.69, 9.17) is 4.74 Å². The number of carbonyl (C=O) groups is 2. The van der Waals surface area contributed by atoms with Crippen molar-refractivity contribution >= 4 is 33.5 Å². The van der Waals surface area contributed by atoms with Gasteiger partial charge in [0.15, 0.2) is 0 Å². The molecule has 1 aromatic carbocycles. The summed E-state index contributed by atoms with van der Waals surface area (Å²) in [4.78, 5) is 26.2. The Morgan fingerprint density at radius 1 is 1.35 bits per heavy atom. The van der Waals surface area contributed by atoms with Gasteiger partial charge in [0, 0.05) is 42.5 Å². The molecule has 0 spiro atoms. The molecule has 2 aliphatic heterocycles. The van der Waals surface area contributed by atoms with Crippen LogP contribution in [0.1, 0.15) is 41.6 Å². The highest BCUT2D eigenvalue weighted by Crippen LogP contribution is 2.33. The maximum absolute atomic E-state index is 12.3. The molecule has 142 valence electrons. The molecule has 0 bridgehead atoms. The van der Waals surface area contributed by atoms with E-state index in [-0.39, 0.29) is 17.9 Å². The van der Waals surface area contributed by atoms with Crippen molar-refractivity contribution in [1.82, 2.24) is 5.32 Å². The lowest BCUT2D eigenvalue weighted by molar-refractivity contribution is -0.126. The molecule has 2 fully saturated rings. The maximum atomic E-state index is 12.3. The number of carboxylic acid groups (broad SMARTS) is 1. The minimum Gasteiger partial charge on any atom is -0.478 e. The Balaban J connectivity index is 1.97. The highest BCUT2D eigenvalue weighted by molar-refractivity contribution is 9.10. The van der Waals surface area contributed by atoms with Crippen molar-refractivity contribution in [3.63, 3.8) is 0 Å². The van der Waals surface area contributed by atoms with Crippen molar-refractivity contribution in [2.24, 2.45) is 5.92 Å². The molecule has 0 aromatic heterocycles. The molecule has 2 N–H and O–H groups in total. The molecule has 0 aliphatic carbocycles. The first-order chi connectivity index (χ1) is 12.5. The number of halogens is 1. The van der Waals surface area contributed by atoms with Gasteiger partial charge >= 0.3 is 5.97 Å². The lowest BCUT2D eigenvalue weighted by Gasteiger charge is -2.39. The molecule has 7 heteroatoms. The highest BCUT2D eigenvalue weighted by Gasteiger charge is 2.30. The molecule has 1 atom stereocenters. The molecule has 0 radical (unpaired) electrons. The lowest BCUT2D eigenvalue weighted by Crippen LogP contribution is -2.48. The third-order valence-corrected chi connectivity index (χ3v) is 5.79. The summed E-state index contributed by atoms with van der Waals surface area (Å²) in [5, 5.41) is 12.5. The Morgan fingerprint density at radius 2 is 2.08 bits per heavy atom. The van der Waals surface area contributed by atoms with Crippen molar-refractivity contribution in [2.45, 2.75) is 38.6 Å². The number of rotatable bonds is 5. The van der Waals surface area contributed by atoms with Crippen LogP contribution in [0.2, 0.25) is 0 Å². The van der Waals surface area contributed by atoms with Gasteiger partial charge in [-0.3, -0.25) is 4.79 Å². The van der Waals surface area contributed by atoms with Crippen LogP contribution in [0.15, 0.2) is 16.6 Å². The van der Waals surface area contributed by atoms with E-state index in [1.165, 1.54) is 0 Å². The van der Waals surface area contributed by atoms with E-state index < -0.39 is 5.97 Å². The number of ether oxygens (including phenoxy) is 1. The van der Waals surface area contributed by atoms with Gasteiger partial charge in [0.2, 0.25) is 5.91 Å². The van der Waals surface area contributed by atoms with Gasteiger partial charge in [0.25, 0.3) is 0 Å². The van der Waals surface area contributed by atoms with Gasteiger partial charge in [-0.05, 0) is 50.3 Å². The average molecular weight is 425 g/mol. The second-order valence-corrected chi connectivity index (χ2v) is 7.94. The standard InChI is InChI=1S/C19H25BrN2O4/c1-12-16(19(24)25)9-14(20)10-17(12)22(15-4-7-26-8-5-15)11-13-3-2-6-21-18(13)23/h9-10,13,15H,2-8,11H2,1H3,(H,21,23)(H,24,25). The van der Waals surface area contributed by atoms with Crippen LogP contribution in [-0.4, -0.2) is 49.3 Å². The predicted octanol–water partition coefficient (Wildman–Crippen LogP) is 2.97. The molecule has 1 aromatic rings. The number of carbonyl (C=O) groups excluding carboxylic acids is 1. The van der Waals surface area contributed by atoms with Crippen LogP contribution in [-0.2, 0) is 9.53 Å². The number of hydrogen-bond donors (Lipinski definition) is 2. The third-order valence-electron chi connectivity index (χ3n) is 5.33. The van der Waals surface area contributed by atoms with Gasteiger partial charge in [-0.25, -0.2) is 4.79 Å². The number of carboxylic acids is 1. The number of amides is 1. The van der Waals surface area contributed by atoms with Crippen molar-refractivity contribution in [1.29, 1.82) is 0 Å². The maximum Gasteiger partial charge on any atom is 0.336 e. The van der Waals surface area contributed by atoms with Crippen molar-refractivity contribution < 1.29 is 19.4 Å². The second-order valence-electron chi connectivity index (χ2n) is 7.03. The molecule has 3 rings (SSSR count). The summed E-state index contributed by atoms with van der Waals surface area (Å²) >= 11 is 3.45. The summed E-state index contributed by atoms with van der Waals surface area (Å²) in [6, 6.07) is 3.85. The number of piperidine rings is 1. The number of nitrogens with one attached hydrogen (secondary N) is 1. The van der Waals surface area contributed by atoms with Crippen LogP contribution >= 0.6 is 15.9 Å². The number of aromatic carboxylic acids is 1. The van der Waals surface area contributed by atoms with Crippen LogP contribution in [0.3, 0.4) is 0 Å². The zero-order chi connectivity index (χ0) is 18.7. The van der Waals surface area contributed by atoms with Crippen LogP contribution in [0.4, 0.5) is 5.69 Å². The van der Waals surface area contributed by atoms with Crippen molar-refractivity contribution in [2.75, 3.05) is 31.2 Å². The zero-order valence-electron chi connectivity index (χ0n) is 15.0. The van der Waals surface area contributed by atoms with Crippen LogP contribution in [0.5, 0.6) is 0 Å². The van der Waals surface area contributed by atoms with Crippen LogP contribution < -0.4 is 10.2 Å². The molecule has 2 aliphatic rings. The van der Waals surface area contributed by atoms with E-state index >= 15 is 0 Å². The van der Waals surface area contributed by atoms with E-state index in [0.717, 1.165) is 48.0 Å². The van der Waals surface area contributed by atoms with Crippen LogP contribution in [0, 0.1) is 12.8 Å². The molecule has 2 saturated heterocycles. The van der Waals surface area contributed by atoms with Crippen LogP contribution in [0.25, 0.3) is 0 Å². The number of benzene rings is 1. The predicted molar refractivity (Wildman–Crippen MR) is 103 cm³/mol. The topological polar surface area (TPSA) is 78.9 Å². The molecule has 0 saturated carbocycles. The van der Waals surface area contributed by atoms with E-state index in [1.54, 1.807) is 6.07 Å². The highest BCUT2D eigenvalue weighted by atomic mass is 79.9. The monoisotopic (exact) mass is 424 g/mol. The van der Waals surface area contributed by atoms with Crippen molar-refractivity contribution in [3.8, 4) is 0 Å². The Morgan fingerprint density at radius 3 is 2.73 bits per heavy atom. The first kappa shape index (κ1) is 19.2. The summed E-state index contributed by atoms with van der Waals surface area (Å²) < 4.78 is 6.24. The van der Waals surface area contributed by atoms with Gasteiger partial charge in [0.05, 0.1) is 11.5 Å². The molecular formula is C19H25BrN2O4. The molecular weight excluding hydrogens is 400 g/mol. The molecule has 1 unspecified atom stereocenters. The smallest absolute Gasteiger partial charge is 0.336 e. The quantitative estimate of drug-likeness (QED) is 0.759. The number of anilines is 1. The van der Waals surface area contributed by atoms with Gasteiger partial charge < -0.3 is 20.1 Å². The average Bonchev–Trinajstić information content (AvgIpc) is 2.63. The second kappa shape index (κ2) is 8.39.